The maximum atomic E-state index is 10.5. The third kappa shape index (κ3) is 3.73. The fraction of sp³-hybridized carbons (Fsp3) is 0.667. The molecule has 1 aromatic rings. The summed E-state index contributed by atoms with van der Waals surface area (Å²) in [5.74, 6) is 1.48. The number of nitrogens with one attached hydrogen (secondary N) is 2. The van der Waals surface area contributed by atoms with Gasteiger partial charge in [-0.25, -0.2) is 0 Å². The summed E-state index contributed by atoms with van der Waals surface area (Å²) in [7, 11) is 1.76. The first-order chi connectivity index (χ1) is 9.35. The van der Waals surface area contributed by atoms with Crippen LogP contribution in [0.1, 0.15) is 32.1 Å². The molecule has 2 unspecified atom stereocenters. The van der Waals surface area contributed by atoms with Crippen molar-refractivity contribution in [1.29, 1.82) is 0 Å². The molecular formula is C15H25N3OS. The van der Waals surface area contributed by atoms with Crippen LogP contribution < -0.4 is 10.6 Å². The zero-order chi connectivity index (χ0) is 14.8. The molecule has 4 nitrogen and oxygen atoms in total. The summed E-state index contributed by atoms with van der Waals surface area (Å²) in [5, 5.41) is 19.0. The van der Waals surface area contributed by atoms with E-state index in [4.69, 9.17) is 0 Å². The van der Waals surface area contributed by atoms with E-state index in [2.05, 4.69) is 29.5 Å². The van der Waals surface area contributed by atoms with Crippen LogP contribution in [0.2, 0.25) is 0 Å². The molecule has 3 N–H and O–H groups in total. The molecule has 2 rings (SSSR count). The second-order valence-electron chi connectivity index (χ2n) is 6.45. The number of hydrogen-bond acceptors (Lipinski definition) is 3. The smallest absolute Gasteiger partial charge is 0.191 e. The van der Waals surface area contributed by atoms with Gasteiger partial charge in [-0.05, 0) is 36.1 Å². The van der Waals surface area contributed by atoms with Crippen molar-refractivity contribution >= 4 is 17.3 Å². The Balaban J connectivity index is 1.79. The largest absolute Gasteiger partial charge is 0.383 e. The number of thiophene rings is 1. The molecule has 0 aromatic carbocycles. The lowest BCUT2D eigenvalue weighted by Gasteiger charge is -2.23. The van der Waals surface area contributed by atoms with Gasteiger partial charge in [0.1, 0.15) is 5.60 Å². The summed E-state index contributed by atoms with van der Waals surface area (Å²) in [6, 6.07) is 3.91. The Morgan fingerprint density at radius 2 is 2.25 bits per heavy atom. The molecule has 1 aromatic heterocycles. The highest BCUT2D eigenvalue weighted by Crippen LogP contribution is 2.50. The number of guanidine groups is 1. The Morgan fingerprint density at radius 3 is 2.75 bits per heavy atom. The molecule has 2 atom stereocenters. The lowest BCUT2D eigenvalue weighted by molar-refractivity contribution is 0.0655. The molecule has 0 aliphatic heterocycles. The van der Waals surface area contributed by atoms with Gasteiger partial charge in [-0.15, -0.1) is 11.3 Å². The van der Waals surface area contributed by atoms with E-state index in [0.29, 0.717) is 12.0 Å². The third-order valence-corrected chi connectivity index (χ3v) is 5.23. The minimum atomic E-state index is -0.870. The van der Waals surface area contributed by atoms with Crippen molar-refractivity contribution < 1.29 is 5.11 Å². The van der Waals surface area contributed by atoms with Gasteiger partial charge in [-0.3, -0.25) is 4.99 Å². The molecule has 0 amide bonds. The number of nitrogens with zero attached hydrogens (tertiary/aromatic N) is 1. The second-order valence-corrected chi connectivity index (χ2v) is 7.40. The zero-order valence-corrected chi connectivity index (χ0v) is 13.5. The minimum absolute atomic E-state index is 0.446. The summed E-state index contributed by atoms with van der Waals surface area (Å²) in [5.41, 5.74) is -0.404. The van der Waals surface area contributed by atoms with E-state index in [9.17, 15) is 5.11 Å². The molecule has 5 heteroatoms. The molecule has 112 valence electrons. The van der Waals surface area contributed by atoms with Gasteiger partial charge in [-0.1, -0.05) is 19.9 Å². The molecule has 0 radical (unpaired) electrons. The summed E-state index contributed by atoms with van der Waals surface area (Å²) in [4.78, 5) is 5.17. The van der Waals surface area contributed by atoms with E-state index >= 15 is 0 Å². The van der Waals surface area contributed by atoms with Gasteiger partial charge in [0.2, 0.25) is 0 Å². The highest BCUT2D eigenvalue weighted by Gasteiger charge is 2.45. The van der Waals surface area contributed by atoms with Crippen molar-refractivity contribution in [2.45, 2.75) is 32.8 Å². The summed E-state index contributed by atoms with van der Waals surface area (Å²) >= 11 is 1.57. The maximum Gasteiger partial charge on any atom is 0.191 e. The molecule has 1 heterocycles. The normalized spacial score (nSPS) is 24.1. The SMILES string of the molecule is CN=C(NCC1CC1(C)C)NCC(C)(O)c1cccs1. The van der Waals surface area contributed by atoms with Gasteiger partial charge in [0.05, 0.1) is 6.54 Å². The van der Waals surface area contributed by atoms with Crippen LogP contribution in [-0.2, 0) is 5.60 Å². The monoisotopic (exact) mass is 295 g/mol. The van der Waals surface area contributed by atoms with E-state index < -0.39 is 5.60 Å². The first kappa shape index (κ1) is 15.3. The number of aliphatic hydroxyl groups is 1. The third-order valence-electron chi connectivity index (χ3n) is 4.11. The zero-order valence-electron chi connectivity index (χ0n) is 12.7. The maximum absolute atomic E-state index is 10.5. The summed E-state index contributed by atoms with van der Waals surface area (Å²) in [6.45, 7) is 7.78. The van der Waals surface area contributed by atoms with Crippen molar-refractivity contribution in [3.63, 3.8) is 0 Å². The molecule has 1 saturated carbocycles. The fourth-order valence-electron chi connectivity index (χ4n) is 2.29. The van der Waals surface area contributed by atoms with E-state index in [0.717, 1.165) is 23.3 Å². The first-order valence-corrected chi connectivity index (χ1v) is 7.94. The molecule has 0 saturated heterocycles. The summed E-state index contributed by atoms with van der Waals surface area (Å²) in [6.07, 6.45) is 1.27. The number of hydrogen-bond donors (Lipinski definition) is 3. The van der Waals surface area contributed by atoms with Crippen molar-refractivity contribution in [3.05, 3.63) is 22.4 Å². The predicted octanol–water partition coefficient (Wildman–Crippen LogP) is 2.17. The van der Waals surface area contributed by atoms with Crippen LogP contribution in [-0.4, -0.2) is 31.2 Å². The Hall–Kier alpha value is -1.07. The van der Waals surface area contributed by atoms with E-state index in [-0.39, 0.29) is 0 Å². The van der Waals surface area contributed by atoms with Crippen LogP contribution in [0.5, 0.6) is 0 Å². The Morgan fingerprint density at radius 1 is 1.55 bits per heavy atom. The highest BCUT2D eigenvalue weighted by atomic mass is 32.1. The molecule has 1 fully saturated rings. The van der Waals surface area contributed by atoms with Gasteiger partial charge in [0.15, 0.2) is 5.96 Å². The van der Waals surface area contributed by atoms with Crippen molar-refractivity contribution in [1.82, 2.24) is 10.6 Å². The predicted molar refractivity (Wildman–Crippen MR) is 85.1 cm³/mol. The van der Waals surface area contributed by atoms with Crippen LogP contribution in [0.4, 0.5) is 0 Å². The van der Waals surface area contributed by atoms with Gasteiger partial charge >= 0.3 is 0 Å². The topological polar surface area (TPSA) is 56.7 Å². The molecule has 1 aliphatic carbocycles. The van der Waals surface area contributed by atoms with Gasteiger partial charge in [0, 0.05) is 18.5 Å². The molecule has 0 spiro atoms. The van der Waals surface area contributed by atoms with E-state index in [1.807, 2.05) is 24.4 Å². The Bertz CT molecular complexity index is 465. The average molecular weight is 295 g/mol. The Kier molecular flexibility index (Phi) is 4.39. The van der Waals surface area contributed by atoms with Gasteiger partial charge < -0.3 is 15.7 Å². The molecular weight excluding hydrogens is 270 g/mol. The van der Waals surface area contributed by atoms with Gasteiger partial charge in [0.25, 0.3) is 0 Å². The summed E-state index contributed by atoms with van der Waals surface area (Å²) < 4.78 is 0. The minimum Gasteiger partial charge on any atom is -0.383 e. The Labute approximate surface area is 125 Å². The second kappa shape index (κ2) is 5.74. The average Bonchev–Trinajstić information content (AvgIpc) is 2.84. The molecule has 1 aliphatic rings. The fourth-order valence-corrected chi connectivity index (χ4v) is 3.08. The van der Waals surface area contributed by atoms with Crippen molar-refractivity contribution in [2.24, 2.45) is 16.3 Å². The van der Waals surface area contributed by atoms with Crippen LogP contribution in [0.3, 0.4) is 0 Å². The van der Waals surface area contributed by atoms with Crippen LogP contribution in [0, 0.1) is 11.3 Å². The van der Waals surface area contributed by atoms with Crippen LogP contribution in [0.25, 0.3) is 0 Å². The standard InChI is InChI=1S/C15H25N3OS/c1-14(2)8-11(14)9-17-13(16-4)18-10-15(3,19)12-6-5-7-20-12/h5-7,11,19H,8-10H2,1-4H3,(H2,16,17,18). The highest BCUT2D eigenvalue weighted by molar-refractivity contribution is 7.10. The lowest BCUT2D eigenvalue weighted by Crippen LogP contribution is -2.44. The van der Waals surface area contributed by atoms with Crippen LogP contribution >= 0.6 is 11.3 Å². The lowest BCUT2D eigenvalue weighted by atomic mass is 10.1. The first-order valence-electron chi connectivity index (χ1n) is 7.06. The quantitative estimate of drug-likeness (QED) is 0.576. The van der Waals surface area contributed by atoms with Gasteiger partial charge in [-0.2, -0.15) is 0 Å². The van der Waals surface area contributed by atoms with Crippen LogP contribution in [0.15, 0.2) is 22.5 Å². The number of rotatable bonds is 5. The van der Waals surface area contributed by atoms with E-state index in [1.54, 1.807) is 18.4 Å². The van der Waals surface area contributed by atoms with E-state index in [1.165, 1.54) is 6.42 Å². The molecule has 0 bridgehead atoms. The molecule has 20 heavy (non-hydrogen) atoms. The van der Waals surface area contributed by atoms with Crippen molar-refractivity contribution in [2.75, 3.05) is 20.1 Å². The van der Waals surface area contributed by atoms with Crippen molar-refractivity contribution in [3.8, 4) is 0 Å². The number of aliphatic imine (C=N–C) groups is 1.